The smallest absolute Gasteiger partial charge is 0.0695 e. The normalized spacial score (nSPS) is 20.8. The molecule has 1 saturated carbocycles. The van der Waals surface area contributed by atoms with Gasteiger partial charge in [0.05, 0.1) is 6.10 Å². The molecule has 2 atom stereocenters. The van der Waals surface area contributed by atoms with Crippen LogP contribution >= 0.6 is 0 Å². The number of aliphatic hydroxyl groups is 1. The molecule has 0 saturated heterocycles. The van der Waals surface area contributed by atoms with Gasteiger partial charge in [-0.3, -0.25) is 4.90 Å². The first-order chi connectivity index (χ1) is 8.60. The lowest BCUT2D eigenvalue weighted by Gasteiger charge is -2.39. The Kier molecular flexibility index (Phi) is 7.25. The molecule has 2 heteroatoms. The predicted molar refractivity (Wildman–Crippen MR) is 78.8 cm³/mol. The van der Waals surface area contributed by atoms with Crippen LogP contribution in [0.5, 0.6) is 0 Å². The lowest BCUT2D eigenvalue weighted by molar-refractivity contribution is 0.0112. The number of hydrogen-bond acceptors (Lipinski definition) is 2. The summed E-state index contributed by atoms with van der Waals surface area (Å²) in [5.74, 6) is 0.688. The van der Waals surface area contributed by atoms with Crippen molar-refractivity contribution in [2.45, 2.75) is 90.8 Å². The zero-order valence-corrected chi connectivity index (χ0v) is 12.9. The lowest BCUT2D eigenvalue weighted by atomic mass is 9.98. The van der Waals surface area contributed by atoms with Gasteiger partial charge in [-0.2, -0.15) is 0 Å². The predicted octanol–water partition coefficient (Wildman–Crippen LogP) is 3.83. The van der Waals surface area contributed by atoms with Gasteiger partial charge in [0.15, 0.2) is 0 Å². The molecule has 0 aromatic carbocycles. The van der Waals surface area contributed by atoms with Crippen LogP contribution in [0.4, 0.5) is 0 Å². The minimum Gasteiger partial charge on any atom is -0.391 e. The topological polar surface area (TPSA) is 23.5 Å². The third-order valence-corrected chi connectivity index (χ3v) is 4.24. The van der Waals surface area contributed by atoms with Gasteiger partial charge >= 0.3 is 0 Å². The van der Waals surface area contributed by atoms with E-state index in [2.05, 4.69) is 32.6 Å². The van der Waals surface area contributed by atoms with Crippen molar-refractivity contribution in [3.63, 3.8) is 0 Å². The largest absolute Gasteiger partial charge is 0.391 e. The summed E-state index contributed by atoms with van der Waals surface area (Å²) in [4.78, 5) is 2.64. The fraction of sp³-hybridized carbons (Fsp3) is 1.00. The van der Waals surface area contributed by atoms with Gasteiger partial charge in [-0.25, -0.2) is 0 Å². The number of aliphatic hydroxyl groups excluding tert-OH is 1. The van der Waals surface area contributed by atoms with E-state index in [0.29, 0.717) is 12.0 Å². The fourth-order valence-corrected chi connectivity index (χ4v) is 3.43. The molecule has 0 bridgehead atoms. The van der Waals surface area contributed by atoms with E-state index in [1.54, 1.807) is 0 Å². The van der Waals surface area contributed by atoms with Crippen LogP contribution in [-0.2, 0) is 0 Å². The Morgan fingerprint density at radius 3 is 2.22 bits per heavy atom. The van der Waals surface area contributed by atoms with Crippen molar-refractivity contribution < 1.29 is 5.11 Å². The van der Waals surface area contributed by atoms with Gasteiger partial charge in [0, 0.05) is 18.6 Å². The molecule has 1 aliphatic carbocycles. The van der Waals surface area contributed by atoms with Crippen LogP contribution in [0.15, 0.2) is 0 Å². The number of hydrogen-bond donors (Lipinski definition) is 1. The van der Waals surface area contributed by atoms with E-state index in [-0.39, 0.29) is 6.10 Å². The zero-order chi connectivity index (χ0) is 13.5. The van der Waals surface area contributed by atoms with Crippen LogP contribution in [0.1, 0.15) is 72.6 Å². The van der Waals surface area contributed by atoms with Crippen molar-refractivity contribution in [1.29, 1.82) is 0 Å². The van der Waals surface area contributed by atoms with E-state index in [9.17, 15) is 5.11 Å². The Morgan fingerprint density at radius 2 is 1.78 bits per heavy atom. The molecule has 0 spiro atoms. The summed E-state index contributed by atoms with van der Waals surface area (Å²) in [7, 11) is 0. The molecule has 0 radical (unpaired) electrons. The first-order valence-electron chi connectivity index (χ1n) is 8.03. The molecular formula is C16H33NO. The average molecular weight is 255 g/mol. The molecule has 1 N–H and O–H groups in total. The second kappa shape index (κ2) is 8.16. The third kappa shape index (κ3) is 4.55. The summed E-state index contributed by atoms with van der Waals surface area (Å²) in [6.07, 6.45) is 8.38. The van der Waals surface area contributed by atoms with Gasteiger partial charge in [0.25, 0.3) is 0 Å². The van der Waals surface area contributed by atoms with Crippen molar-refractivity contribution in [1.82, 2.24) is 4.90 Å². The zero-order valence-electron chi connectivity index (χ0n) is 12.9. The van der Waals surface area contributed by atoms with Crippen molar-refractivity contribution >= 4 is 0 Å². The van der Waals surface area contributed by atoms with Crippen LogP contribution in [0.3, 0.4) is 0 Å². The van der Waals surface area contributed by atoms with Crippen molar-refractivity contribution in [3.8, 4) is 0 Å². The van der Waals surface area contributed by atoms with E-state index in [4.69, 9.17) is 0 Å². The molecule has 1 fully saturated rings. The van der Waals surface area contributed by atoms with Gasteiger partial charge < -0.3 is 5.11 Å². The maximum atomic E-state index is 10.4. The minimum atomic E-state index is -0.139. The Bertz CT molecular complexity index is 211. The van der Waals surface area contributed by atoms with Crippen LogP contribution in [-0.4, -0.2) is 34.7 Å². The van der Waals surface area contributed by atoms with E-state index >= 15 is 0 Å². The lowest BCUT2D eigenvalue weighted by Crippen LogP contribution is -2.49. The summed E-state index contributed by atoms with van der Waals surface area (Å²) in [5, 5.41) is 10.4. The fourth-order valence-electron chi connectivity index (χ4n) is 3.43. The molecule has 0 amide bonds. The molecule has 1 rings (SSSR count). The van der Waals surface area contributed by atoms with Gasteiger partial charge in [0.1, 0.15) is 0 Å². The molecule has 1 aliphatic rings. The molecule has 2 unspecified atom stereocenters. The molecule has 2 nitrogen and oxygen atoms in total. The van der Waals surface area contributed by atoms with Gasteiger partial charge in [0.2, 0.25) is 0 Å². The SMILES string of the molecule is CCCC(O)C(CC)N(CC(C)C)C1CCCC1. The summed E-state index contributed by atoms with van der Waals surface area (Å²) in [6, 6.07) is 1.10. The Morgan fingerprint density at radius 1 is 1.17 bits per heavy atom. The monoisotopic (exact) mass is 255 g/mol. The Labute approximate surface area is 114 Å². The molecular weight excluding hydrogens is 222 g/mol. The first-order valence-corrected chi connectivity index (χ1v) is 8.03. The second-order valence-electron chi connectivity index (χ2n) is 6.36. The number of nitrogens with zero attached hydrogens (tertiary/aromatic N) is 1. The van der Waals surface area contributed by atoms with Crippen LogP contribution in [0.25, 0.3) is 0 Å². The molecule has 108 valence electrons. The molecule has 0 aliphatic heterocycles. The Hall–Kier alpha value is -0.0800. The maximum absolute atomic E-state index is 10.4. The summed E-state index contributed by atoms with van der Waals surface area (Å²) in [5.41, 5.74) is 0. The second-order valence-corrected chi connectivity index (χ2v) is 6.36. The van der Waals surface area contributed by atoms with E-state index in [1.165, 1.54) is 25.7 Å². The summed E-state index contributed by atoms with van der Waals surface area (Å²) >= 11 is 0. The molecule has 0 aromatic rings. The van der Waals surface area contributed by atoms with Gasteiger partial charge in [-0.05, 0) is 31.6 Å². The van der Waals surface area contributed by atoms with Crippen molar-refractivity contribution in [2.24, 2.45) is 5.92 Å². The highest BCUT2D eigenvalue weighted by molar-refractivity contribution is 4.86. The molecule has 0 aromatic heterocycles. The first kappa shape index (κ1) is 16.0. The summed E-state index contributed by atoms with van der Waals surface area (Å²) < 4.78 is 0. The van der Waals surface area contributed by atoms with E-state index < -0.39 is 0 Å². The molecule has 0 heterocycles. The number of rotatable bonds is 8. The van der Waals surface area contributed by atoms with Gasteiger partial charge in [-0.1, -0.05) is 47.0 Å². The van der Waals surface area contributed by atoms with Crippen molar-refractivity contribution in [2.75, 3.05) is 6.54 Å². The standard InChI is InChI=1S/C16H33NO/c1-5-9-16(18)15(6-2)17(12-13(3)4)14-10-7-8-11-14/h13-16,18H,5-12H2,1-4H3. The van der Waals surface area contributed by atoms with Crippen molar-refractivity contribution in [3.05, 3.63) is 0 Å². The van der Waals surface area contributed by atoms with E-state index in [0.717, 1.165) is 31.8 Å². The summed E-state index contributed by atoms with van der Waals surface area (Å²) in [6.45, 7) is 10.1. The van der Waals surface area contributed by atoms with E-state index in [1.807, 2.05) is 0 Å². The highest BCUT2D eigenvalue weighted by atomic mass is 16.3. The highest BCUT2D eigenvalue weighted by Crippen LogP contribution is 2.28. The van der Waals surface area contributed by atoms with Gasteiger partial charge in [-0.15, -0.1) is 0 Å². The van der Waals surface area contributed by atoms with Crippen LogP contribution in [0, 0.1) is 5.92 Å². The third-order valence-electron chi connectivity index (χ3n) is 4.24. The van der Waals surface area contributed by atoms with Crippen LogP contribution < -0.4 is 0 Å². The quantitative estimate of drug-likeness (QED) is 0.712. The van der Waals surface area contributed by atoms with Crippen LogP contribution in [0.2, 0.25) is 0 Å². The molecule has 18 heavy (non-hydrogen) atoms. The average Bonchev–Trinajstić information content (AvgIpc) is 2.81. The minimum absolute atomic E-state index is 0.139. The Balaban J connectivity index is 2.70. The highest BCUT2D eigenvalue weighted by Gasteiger charge is 2.31. The maximum Gasteiger partial charge on any atom is 0.0695 e.